The van der Waals surface area contributed by atoms with Crippen LogP contribution in [0.5, 0.6) is 0 Å². The fraction of sp³-hybridized carbons (Fsp3) is 0.455. The number of carbonyl (C=O) groups excluding carboxylic acids is 1. The van der Waals surface area contributed by atoms with Crippen LogP contribution in [-0.4, -0.2) is 40.4 Å². The number of nitrogens with two attached hydrogens (primary N) is 1. The number of carbonyl (C=O) groups is 2. The maximum Gasteiger partial charge on any atom is 0.335 e. The first-order valence-electron chi connectivity index (χ1n) is 9.82. The highest BCUT2D eigenvalue weighted by Crippen LogP contribution is 2.44. The summed E-state index contributed by atoms with van der Waals surface area (Å²) in [5, 5.41) is 9.05. The number of hydrogen-bond donors (Lipinski definition) is 2. The zero-order chi connectivity index (χ0) is 21.6. The molecule has 2 heterocycles. The fourth-order valence-corrected chi connectivity index (χ4v) is 3.93. The maximum atomic E-state index is 11.0. The topological polar surface area (TPSA) is 109 Å². The van der Waals surface area contributed by atoms with Crippen LogP contribution in [0.2, 0.25) is 0 Å². The molecule has 1 unspecified atom stereocenters. The van der Waals surface area contributed by atoms with Gasteiger partial charge in [0, 0.05) is 25.0 Å². The predicted octanol–water partition coefficient (Wildman–Crippen LogP) is 3.36. The molecule has 0 bridgehead atoms. The summed E-state index contributed by atoms with van der Waals surface area (Å²) in [6, 6.07) is 7.83. The summed E-state index contributed by atoms with van der Waals surface area (Å²) < 4.78 is 0. The van der Waals surface area contributed by atoms with Crippen LogP contribution in [0.1, 0.15) is 48.4 Å². The van der Waals surface area contributed by atoms with Crippen molar-refractivity contribution in [2.45, 2.75) is 46.1 Å². The van der Waals surface area contributed by atoms with Crippen LogP contribution in [0.3, 0.4) is 0 Å². The molecule has 1 aromatic heterocycles. The Morgan fingerprint density at radius 3 is 2.45 bits per heavy atom. The van der Waals surface area contributed by atoms with E-state index in [2.05, 4.69) is 28.8 Å². The van der Waals surface area contributed by atoms with Gasteiger partial charge in [-0.1, -0.05) is 6.92 Å². The van der Waals surface area contributed by atoms with Gasteiger partial charge in [0.1, 0.15) is 17.9 Å². The van der Waals surface area contributed by atoms with Gasteiger partial charge in [0.05, 0.1) is 5.56 Å². The minimum Gasteiger partial charge on any atom is -0.478 e. The second kappa shape index (κ2) is 10.0. The van der Waals surface area contributed by atoms with Crippen molar-refractivity contribution in [1.82, 2.24) is 9.97 Å². The number of carboxylic acid groups (broad SMARTS) is 1. The molecule has 2 aromatic rings. The quantitative estimate of drug-likeness (QED) is 0.746. The number of aromatic carboxylic acids is 1. The van der Waals surface area contributed by atoms with E-state index in [1.165, 1.54) is 31.0 Å². The summed E-state index contributed by atoms with van der Waals surface area (Å²) in [6.45, 7) is 5.53. The number of benzene rings is 1. The second-order valence-electron chi connectivity index (χ2n) is 7.53. The first-order valence-corrected chi connectivity index (χ1v) is 9.82. The van der Waals surface area contributed by atoms with Gasteiger partial charge < -0.3 is 20.5 Å². The number of anilines is 2. The molecule has 0 spiro atoms. The van der Waals surface area contributed by atoms with Crippen molar-refractivity contribution in [3.8, 4) is 0 Å². The number of aldehydes is 1. The smallest absolute Gasteiger partial charge is 0.335 e. The Hall–Kier alpha value is -2.96. The number of nitrogens with zero attached hydrogens (tertiary/aromatic N) is 3. The van der Waals surface area contributed by atoms with Crippen molar-refractivity contribution in [2.24, 2.45) is 11.8 Å². The molecule has 4 rings (SSSR count). The van der Waals surface area contributed by atoms with Crippen molar-refractivity contribution in [2.75, 3.05) is 17.7 Å². The van der Waals surface area contributed by atoms with Crippen molar-refractivity contribution < 1.29 is 14.7 Å². The first kappa shape index (κ1) is 22.3. The summed E-state index contributed by atoms with van der Waals surface area (Å²) >= 11 is 0. The molecule has 1 aromatic carbocycles. The van der Waals surface area contributed by atoms with Crippen LogP contribution in [0.4, 0.5) is 11.5 Å². The molecule has 2 aliphatic rings. The molecular weight excluding hydrogens is 368 g/mol. The standard InChI is InChI=1S/C15H19NO2.C5H7N3.C2H4O/c1-9-7-12-8-11(15(17)18)5-6-13(12)16(2)14(9)10-3-4-10;1-4-7-3-2-5(6)8-4;1-2-3/h5-6,8-10,14H,3-4,7H2,1-2H3,(H,17,18);2-3H,1H3,(H2,6,7,8);2H,1H3/t9?,14-;;/m1../s1. The zero-order valence-electron chi connectivity index (χ0n) is 17.5. The van der Waals surface area contributed by atoms with E-state index in [1.54, 1.807) is 25.3 Å². The Bertz CT molecular complexity index is 834. The Kier molecular flexibility index (Phi) is 7.70. The summed E-state index contributed by atoms with van der Waals surface area (Å²) in [7, 11) is 2.15. The monoisotopic (exact) mass is 398 g/mol. The number of carboxylic acids is 1. The van der Waals surface area contributed by atoms with Crippen LogP contribution in [0.25, 0.3) is 0 Å². The Morgan fingerprint density at radius 1 is 1.31 bits per heavy atom. The number of aryl methyl sites for hydroxylation is 1. The summed E-state index contributed by atoms with van der Waals surface area (Å²) in [6.07, 6.45) is 6.09. The van der Waals surface area contributed by atoms with Crippen LogP contribution in [0.15, 0.2) is 30.5 Å². The molecule has 0 amide bonds. The lowest BCUT2D eigenvalue weighted by Crippen LogP contribution is -2.43. The Labute approximate surface area is 172 Å². The Balaban J connectivity index is 0.000000228. The lowest BCUT2D eigenvalue weighted by atomic mass is 9.84. The van der Waals surface area contributed by atoms with Crippen molar-refractivity contribution in [1.29, 1.82) is 0 Å². The predicted molar refractivity (Wildman–Crippen MR) is 114 cm³/mol. The van der Waals surface area contributed by atoms with Crippen LogP contribution < -0.4 is 10.6 Å². The summed E-state index contributed by atoms with van der Waals surface area (Å²) in [5.74, 6) is 1.86. The van der Waals surface area contributed by atoms with E-state index in [9.17, 15) is 4.79 Å². The van der Waals surface area contributed by atoms with E-state index in [1.807, 2.05) is 12.1 Å². The van der Waals surface area contributed by atoms with Gasteiger partial charge in [-0.15, -0.1) is 0 Å². The van der Waals surface area contributed by atoms with Crippen molar-refractivity contribution >= 4 is 23.8 Å². The van der Waals surface area contributed by atoms with E-state index < -0.39 is 5.97 Å². The molecule has 2 atom stereocenters. The molecule has 156 valence electrons. The molecular formula is C22H30N4O3. The van der Waals surface area contributed by atoms with E-state index in [-0.39, 0.29) is 0 Å². The molecule has 0 radical (unpaired) electrons. The molecule has 0 saturated heterocycles. The second-order valence-corrected chi connectivity index (χ2v) is 7.53. The van der Waals surface area contributed by atoms with Gasteiger partial charge in [-0.2, -0.15) is 0 Å². The highest BCUT2D eigenvalue weighted by Gasteiger charge is 2.40. The number of hydrogen-bond acceptors (Lipinski definition) is 6. The normalized spacial score (nSPS) is 19.7. The molecule has 29 heavy (non-hydrogen) atoms. The molecule has 7 nitrogen and oxygen atoms in total. The third kappa shape index (κ3) is 6.01. The first-order chi connectivity index (χ1) is 13.8. The van der Waals surface area contributed by atoms with E-state index in [0.29, 0.717) is 29.2 Å². The molecule has 1 aliphatic heterocycles. The minimum absolute atomic E-state index is 0.402. The molecule has 1 aliphatic carbocycles. The number of nitrogen functional groups attached to an aromatic ring is 1. The number of rotatable bonds is 2. The van der Waals surface area contributed by atoms with Gasteiger partial charge in [-0.05, 0) is 74.8 Å². The van der Waals surface area contributed by atoms with Gasteiger partial charge in [-0.3, -0.25) is 0 Å². The van der Waals surface area contributed by atoms with Crippen molar-refractivity contribution in [3.05, 3.63) is 47.4 Å². The summed E-state index contributed by atoms with van der Waals surface area (Å²) in [4.78, 5) is 29.9. The van der Waals surface area contributed by atoms with E-state index >= 15 is 0 Å². The van der Waals surface area contributed by atoms with Gasteiger partial charge in [0.15, 0.2) is 0 Å². The highest BCUT2D eigenvalue weighted by atomic mass is 16.4. The molecule has 3 N–H and O–H groups in total. The fourth-order valence-electron chi connectivity index (χ4n) is 3.93. The summed E-state index contributed by atoms with van der Waals surface area (Å²) in [5.41, 5.74) is 8.11. The van der Waals surface area contributed by atoms with Crippen LogP contribution in [-0.2, 0) is 11.2 Å². The van der Waals surface area contributed by atoms with Crippen LogP contribution in [0, 0.1) is 18.8 Å². The largest absolute Gasteiger partial charge is 0.478 e. The van der Waals surface area contributed by atoms with Gasteiger partial charge in [0.2, 0.25) is 0 Å². The average Bonchev–Trinajstić information content (AvgIpc) is 3.47. The van der Waals surface area contributed by atoms with Gasteiger partial charge in [-0.25, -0.2) is 14.8 Å². The average molecular weight is 399 g/mol. The third-order valence-electron chi connectivity index (χ3n) is 5.18. The van der Waals surface area contributed by atoms with Gasteiger partial charge >= 0.3 is 5.97 Å². The third-order valence-corrected chi connectivity index (χ3v) is 5.18. The van der Waals surface area contributed by atoms with Gasteiger partial charge in [0.25, 0.3) is 0 Å². The maximum absolute atomic E-state index is 11.0. The number of fused-ring (bicyclic) bond motifs is 1. The minimum atomic E-state index is -0.836. The lowest BCUT2D eigenvalue weighted by Gasteiger charge is -2.41. The molecule has 7 heteroatoms. The SMILES string of the molecule is CC1Cc2cc(C(=O)O)ccc2N(C)[C@H]1C1CC1.CC=O.Cc1nccc(N)n1. The highest BCUT2D eigenvalue weighted by molar-refractivity contribution is 5.88. The zero-order valence-corrected chi connectivity index (χ0v) is 17.5. The lowest BCUT2D eigenvalue weighted by molar-refractivity contribution is -0.106. The molecule has 1 saturated carbocycles. The van der Waals surface area contributed by atoms with E-state index in [0.717, 1.165) is 18.6 Å². The van der Waals surface area contributed by atoms with Crippen LogP contribution >= 0.6 is 0 Å². The Morgan fingerprint density at radius 2 is 1.97 bits per heavy atom. The van der Waals surface area contributed by atoms with Crippen molar-refractivity contribution in [3.63, 3.8) is 0 Å². The molecule has 1 fully saturated rings. The number of aromatic nitrogens is 2. The van der Waals surface area contributed by atoms with E-state index in [4.69, 9.17) is 15.6 Å².